The summed E-state index contributed by atoms with van der Waals surface area (Å²) in [6.45, 7) is 0.946. The Hall–Kier alpha value is -2.00. The maximum atomic E-state index is 13.5. The molecule has 2 fully saturated rings. The highest BCUT2D eigenvalue weighted by molar-refractivity contribution is 7.91. The summed E-state index contributed by atoms with van der Waals surface area (Å²) in [6, 6.07) is 5.87. The van der Waals surface area contributed by atoms with Gasteiger partial charge in [0.05, 0.1) is 22.6 Å². The van der Waals surface area contributed by atoms with E-state index in [-0.39, 0.29) is 35.4 Å². The largest absolute Gasteiger partial charge is 0.392 e. The van der Waals surface area contributed by atoms with Gasteiger partial charge in [0, 0.05) is 37.7 Å². The summed E-state index contributed by atoms with van der Waals surface area (Å²) in [6.07, 6.45) is 2.22. The molecule has 3 heterocycles. The van der Waals surface area contributed by atoms with Crippen molar-refractivity contribution in [1.29, 1.82) is 0 Å². The third kappa shape index (κ3) is 4.61. The van der Waals surface area contributed by atoms with Crippen LogP contribution in [0.3, 0.4) is 0 Å². The number of amides is 1. The molecule has 0 aliphatic carbocycles. The van der Waals surface area contributed by atoms with Gasteiger partial charge < -0.3 is 14.9 Å². The molecule has 2 atom stereocenters. The number of nitrogens with one attached hydrogen (secondary N) is 1. The number of oxime groups is 1. The van der Waals surface area contributed by atoms with Gasteiger partial charge in [-0.15, -0.1) is 0 Å². The van der Waals surface area contributed by atoms with Gasteiger partial charge in [-0.25, -0.2) is 12.8 Å². The number of carbonyl (C=O) groups is 1. The second-order valence-corrected chi connectivity index (χ2v) is 10.4. The van der Waals surface area contributed by atoms with Crippen LogP contribution in [-0.4, -0.2) is 56.9 Å². The van der Waals surface area contributed by atoms with Gasteiger partial charge in [-0.2, -0.15) is 0 Å². The molecule has 1 amide bonds. The highest BCUT2D eigenvalue weighted by atomic mass is 32.2. The quantitative estimate of drug-likeness (QED) is 0.778. The third-order valence-corrected chi connectivity index (χ3v) is 7.78. The smallest absolute Gasteiger partial charge is 0.226 e. The van der Waals surface area contributed by atoms with Crippen LogP contribution in [0.1, 0.15) is 37.7 Å². The lowest BCUT2D eigenvalue weighted by Crippen LogP contribution is -2.50. The lowest BCUT2D eigenvalue weighted by molar-refractivity contribution is -0.140. The maximum absolute atomic E-state index is 13.5. The molecule has 0 bridgehead atoms. The molecular weight excluding hydrogens is 399 g/mol. The zero-order valence-electron chi connectivity index (χ0n) is 16.1. The van der Waals surface area contributed by atoms with E-state index in [1.165, 1.54) is 12.1 Å². The zero-order chi connectivity index (χ0) is 20.5. The van der Waals surface area contributed by atoms with Crippen LogP contribution in [0.15, 0.2) is 29.4 Å². The van der Waals surface area contributed by atoms with E-state index >= 15 is 0 Å². The average molecular weight is 424 g/mol. The van der Waals surface area contributed by atoms with E-state index in [2.05, 4.69) is 10.5 Å². The highest BCUT2D eigenvalue weighted by Gasteiger charge is 2.45. The van der Waals surface area contributed by atoms with E-state index in [1.807, 2.05) is 0 Å². The Morgan fingerprint density at radius 2 is 2.10 bits per heavy atom. The van der Waals surface area contributed by atoms with Crippen molar-refractivity contribution in [3.05, 3.63) is 35.6 Å². The van der Waals surface area contributed by atoms with Crippen molar-refractivity contribution in [3.63, 3.8) is 0 Å². The first-order chi connectivity index (χ1) is 13.9. The zero-order valence-corrected chi connectivity index (χ0v) is 16.9. The Labute approximate surface area is 169 Å². The molecule has 1 aromatic carbocycles. The average Bonchev–Trinajstić information content (AvgIpc) is 3.28. The van der Waals surface area contributed by atoms with Gasteiger partial charge >= 0.3 is 0 Å². The molecule has 1 N–H and O–H groups in total. The summed E-state index contributed by atoms with van der Waals surface area (Å²) in [5, 5.41) is 7.07. The molecule has 158 valence electrons. The number of nitrogens with zero attached hydrogens (tertiary/aromatic N) is 1. The molecule has 4 rings (SSSR count). The van der Waals surface area contributed by atoms with E-state index in [0.717, 1.165) is 0 Å². The van der Waals surface area contributed by atoms with Crippen LogP contribution in [0.2, 0.25) is 0 Å². The lowest BCUT2D eigenvalue weighted by Gasteiger charge is -2.37. The minimum Gasteiger partial charge on any atom is -0.392 e. The molecule has 1 aromatic rings. The molecule has 9 heteroatoms. The number of benzene rings is 1. The molecule has 2 saturated heterocycles. The Balaban J connectivity index is 1.43. The van der Waals surface area contributed by atoms with Crippen LogP contribution in [0.5, 0.6) is 0 Å². The van der Waals surface area contributed by atoms with Crippen molar-refractivity contribution < 1.29 is 27.2 Å². The van der Waals surface area contributed by atoms with Gasteiger partial charge in [0.25, 0.3) is 0 Å². The summed E-state index contributed by atoms with van der Waals surface area (Å²) >= 11 is 0. The summed E-state index contributed by atoms with van der Waals surface area (Å²) in [5.74, 6) is -0.353. The predicted octanol–water partition coefficient (Wildman–Crippen LogP) is 1.81. The van der Waals surface area contributed by atoms with Crippen LogP contribution in [0.25, 0.3) is 0 Å². The summed E-state index contributed by atoms with van der Waals surface area (Å²) < 4.78 is 42.4. The predicted molar refractivity (Wildman–Crippen MR) is 105 cm³/mol. The van der Waals surface area contributed by atoms with E-state index in [1.54, 1.807) is 12.1 Å². The minimum absolute atomic E-state index is 0.00191. The number of sulfone groups is 1. The van der Waals surface area contributed by atoms with Crippen molar-refractivity contribution in [2.45, 2.75) is 44.2 Å². The van der Waals surface area contributed by atoms with Crippen LogP contribution in [-0.2, 0) is 24.2 Å². The first kappa shape index (κ1) is 20.3. The Morgan fingerprint density at radius 1 is 1.31 bits per heavy atom. The Kier molecular flexibility index (Phi) is 5.61. The van der Waals surface area contributed by atoms with Gasteiger partial charge in [0.1, 0.15) is 11.9 Å². The molecule has 2 unspecified atom stereocenters. The molecule has 0 spiro atoms. The van der Waals surface area contributed by atoms with Crippen LogP contribution in [0, 0.1) is 11.2 Å². The third-order valence-electron chi connectivity index (χ3n) is 6.01. The number of ether oxygens (including phenoxy) is 1. The minimum atomic E-state index is -3.07. The van der Waals surface area contributed by atoms with Crippen molar-refractivity contribution >= 4 is 21.5 Å². The van der Waals surface area contributed by atoms with Gasteiger partial charge in [-0.3, -0.25) is 4.79 Å². The van der Waals surface area contributed by atoms with Gasteiger partial charge in [0.2, 0.25) is 5.91 Å². The molecule has 0 aromatic heterocycles. The number of hydrogen-bond donors (Lipinski definition) is 1. The van der Waals surface area contributed by atoms with E-state index < -0.39 is 15.3 Å². The fraction of sp³-hybridized carbons (Fsp3) is 0.600. The van der Waals surface area contributed by atoms with Crippen molar-refractivity contribution in [2.24, 2.45) is 10.6 Å². The number of halogens is 1. The molecule has 0 saturated carbocycles. The Bertz CT molecular complexity index is 911. The van der Waals surface area contributed by atoms with Crippen LogP contribution in [0.4, 0.5) is 4.39 Å². The van der Waals surface area contributed by atoms with Crippen molar-refractivity contribution in [2.75, 3.05) is 24.7 Å². The molecule has 7 nitrogen and oxygen atoms in total. The monoisotopic (exact) mass is 424 g/mol. The van der Waals surface area contributed by atoms with Crippen molar-refractivity contribution in [1.82, 2.24) is 5.32 Å². The Morgan fingerprint density at radius 3 is 2.79 bits per heavy atom. The number of rotatable bonds is 5. The topological polar surface area (TPSA) is 94.1 Å². The van der Waals surface area contributed by atoms with E-state index in [0.29, 0.717) is 56.6 Å². The van der Waals surface area contributed by atoms with Gasteiger partial charge in [-0.05, 0) is 31.4 Å². The number of carbonyl (C=O) groups excluding carboxylic acids is 1. The SMILES string of the molecule is O=C(NC1CCS(=O)(=O)C1)C1(CC2CC(c3cccc(F)c3)=NO2)CCOCC1. The first-order valence-corrected chi connectivity index (χ1v) is 11.8. The molecule has 29 heavy (non-hydrogen) atoms. The van der Waals surface area contributed by atoms with E-state index in [9.17, 15) is 17.6 Å². The normalized spacial score (nSPS) is 27.8. The highest BCUT2D eigenvalue weighted by Crippen LogP contribution is 2.39. The maximum Gasteiger partial charge on any atom is 0.226 e. The molecule has 0 radical (unpaired) electrons. The second kappa shape index (κ2) is 8.02. The summed E-state index contributed by atoms with van der Waals surface area (Å²) in [4.78, 5) is 18.8. The fourth-order valence-corrected chi connectivity index (χ4v) is 6.02. The standard InChI is InChI=1S/C20H25FN2O5S/c21-15-3-1-2-14(10-15)18-11-17(28-23-18)12-20(5-7-27-8-6-20)19(24)22-16-4-9-29(25,26)13-16/h1-3,10,16-17H,4-9,11-13H2,(H,22,24). The lowest BCUT2D eigenvalue weighted by atomic mass is 9.74. The second-order valence-electron chi connectivity index (χ2n) is 8.15. The van der Waals surface area contributed by atoms with E-state index in [4.69, 9.17) is 9.57 Å². The molecule has 3 aliphatic heterocycles. The van der Waals surface area contributed by atoms with Gasteiger partial charge in [-0.1, -0.05) is 17.3 Å². The fourth-order valence-electron chi connectivity index (χ4n) is 4.35. The number of hydrogen-bond acceptors (Lipinski definition) is 6. The molecule has 3 aliphatic rings. The van der Waals surface area contributed by atoms with Gasteiger partial charge in [0.15, 0.2) is 9.84 Å². The first-order valence-electron chi connectivity index (χ1n) is 9.93. The summed E-state index contributed by atoms with van der Waals surface area (Å²) in [7, 11) is -3.07. The van der Waals surface area contributed by atoms with Crippen LogP contribution >= 0.6 is 0 Å². The van der Waals surface area contributed by atoms with Crippen LogP contribution < -0.4 is 5.32 Å². The van der Waals surface area contributed by atoms with Crippen molar-refractivity contribution in [3.8, 4) is 0 Å². The molecular formula is C20H25FN2O5S. The summed E-state index contributed by atoms with van der Waals surface area (Å²) in [5.41, 5.74) is 0.662.